The smallest absolute Gasteiger partial charge is 0.272 e. The van der Waals surface area contributed by atoms with Gasteiger partial charge in [0.25, 0.3) is 5.91 Å². The molecule has 2 aromatic carbocycles. The summed E-state index contributed by atoms with van der Waals surface area (Å²) in [6, 6.07) is 14.9. The molecule has 0 aliphatic rings. The van der Waals surface area contributed by atoms with Gasteiger partial charge in [0.1, 0.15) is 17.2 Å². The third kappa shape index (κ3) is 2.85. The van der Waals surface area contributed by atoms with Gasteiger partial charge in [0.2, 0.25) is 0 Å². The predicted molar refractivity (Wildman–Crippen MR) is 90.4 cm³/mol. The van der Waals surface area contributed by atoms with Gasteiger partial charge >= 0.3 is 0 Å². The minimum atomic E-state index is -0.170. The number of nitrogens with one attached hydrogen (secondary N) is 1. The van der Waals surface area contributed by atoms with Crippen LogP contribution >= 0.6 is 0 Å². The number of nitrogens with zero attached hydrogens (tertiary/aromatic N) is 1. The van der Waals surface area contributed by atoms with Crippen molar-refractivity contribution in [2.24, 2.45) is 7.05 Å². The van der Waals surface area contributed by atoms with Crippen molar-refractivity contribution in [2.75, 3.05) is 19.5 Å². The zero-order valence-electron chi connectivity index (χ0n) is 13.3. The molecule has 0 unspecified atom stereocenters. The highest BCUT2D eigenvalue weighted by molar-refractivity contribution is 6.06. The van der Waals surface area contributed by atoms with E-state index in [0.29, 0.717) is 17.1 Å². The number of carbonyl (C=O) groups excluding carboxylic acids is 1. The van der Waals surface area contributed by atoms with Crippen molar-refractivity contribution < 1.29 is 14.3 Å². The normalized spacial score (nSPS) is 10.6. The first-order valence-electron chi connectivity index (χ1n) is 7.21. The summed E-state index contributed by atoms with van der Waals surface area (Å²) in [5.41, 5.74) is 2.22. The molecule has 0 radical (unpaired) electrons. The first kappa shape index (κ1) is 15.0. The first-order valence-corrected chi connectivity index (χ1v) is 7.21. The Morgan fingerprint density at radius 1 is 1.00 bits per heavy atom. The molecule has 1 heterocycles. The van der Waals surface area contributed by atoms with Crippen molar-refractivity contribution in [1.82, 2.24) is 4.57 Å². The van der Waals surface area contributed by atoms with E-state index in [-0.39, 0.29) is 5.91 Å². The lowest BCUT2D eigenvalue weighted by molar-refractivity contribution is 0.101. The summed E-state index contributed by atoms with van der Waals surface area (Å²) < 4.78 is 12.3. The Labute approximate surface area is 134 Å². The molecule has 5 nitrogen and oxygen atoms in total. The van der Waals surface area contributed by atoms with Crippen LogP contribution in [0.1, 0.15) is 10.5 Å². The molecule has 0 saturated carbocycles. The van der Waals surface area contributed by atoms with Gasteiger partial charge in [0, 0.05) is 30.3 Å². The summed E-state index contributed by atoms with van der Waals surface area (Å²) >= 11 is 0. The second-order valence-corrected chi connectivity index (χ2v) is 5.20. The minimum absolute atomic E-state index is 0.170. The summed E-state index contributed by atoms with van der Waals surface area (Å²) in [7, 11) is 5.08. The molecule has 1 aromatic heterocycles. The molecule has 0 atom stereocenters. The van der Waals surface area contributed by atoms with E-state index in [2.05, 4.69) is 5.32 Å². The molecular weight excluding hydrogens is 292 g/mol. The Morgan fingerprint density at radius 3 is 2.48 bits per heavy atom. The number of aryl methyl sites for hydroxylation is 1. The highest BCUT2D eigenvalue weighted by Gasteiger charge is 2.14. The molecular formula is C18H18N2O3. The number of ether oxygens (including phenoxy) is 2. The molecule has 3 aromatic rings. The van der Waals surface area contributed by atoms with Crippen molar-refractivity contribution in [2.45, 2.75) is 0 Å². The fourth-order valence-electron chi connectivity index (χ4n) is 2.55. The van der Waals surface area contributed by atoms with E-state index in [1.165, 1.54) is 0 Å². The van der Waals surface area contributed by atoms with E-state index >= 15 is 0 Å². The molecule has 3 rings (SSSR count). The molecule has 118 valence electrons. The predicted octanol–water partition coefficient (Wildman–Crippen LogP) is 3.45. The van der Waals surface area contributed by atoms with Gasteiger partial charge in [-0.25, -0.2) is 0 Å². The third-order valence-electron chi connectivity index (χ3n) is 3.81. The summed E-state index contributed by atoms with van der Waals surface area (Å²) in [6.07, 6.45) is 0. The second kappa shape index (κ2) is 6.04. The van der Waals surface area contributed by atoms with Gasteiger partial charge in [-0.3, -0.25) is 4.79 Å². The van der Waals surface area contributed by atoms with E-state index in [4.69, 9.17) is 9.47 Å². The maximum Gasteiger partial charge on any atom is 0.272 e. The van der Waals surface area contributed by atoms with Crippen LogP contribution in [0.2, 0.25) is 0 Å². The molecule has 0 fully saturated rings. The van der Waals surface area contributed by atoms with Crippen LogP contribution in [-0.2, 0) is 7.05 Å². The lowest BCUT2D eigenvalue weighted by Crippen LogP contribution is -2.15. The third-order valence-corrected chi connectivity index (χ3v) is 3.81. The molecule has 0 saturated heterocycles. The van der Waals surface area contributed by atoms with Crippen molar-refractivity contribution in [3.8, 4) is 11.5 Å². The van der Waals surface area contributed by atoms with Gasteiger partial charge in [-0.1, -0.05) is 6.07 Å². The van der Waals surface area contributed by atoms with Gasteiger partial charge in [-0.2, -0.15) is 0 Å². The largest absolute Gasteiger partial charge is 0.497 e. The van der Waals surface area contributed by atoms with Gasteiger partial charge in [-0.05, 0) is 30.3 Å². The number of aromatic nitrogens is 1. The number of amides is 1. The number of fused-ring (bicyclic) bond motifs is 1. The summed E-state index contributed by atoms with van der Waals surface area (Å²) in [5, 5.41) is 3.88. The number of hydrogen-bond donors (Lipinski definition) is 1. The van der Waals surface area contributed by atoms with Crippen LogP contribution in [0.3, 0.4) is 0 Å². The van der Waals surface area contributed by atoms with Crippen LogP contribution in [-0.4, -0.2) is 24.7 Å². The number of anilines is 1. The maximum absolute atomic E-state index is 12.6. The van der Waals surface area contributed by atoms with Crippen molar-refractivity contribution >= 4 is 22.5 Å². The molecule has 1 amide bonds. The summed E-state index contributed by atoms with van der Waals surface area (Å²) in [4.78, 5) is 12.6. The lowest BCUT2D eigenvalue weighted by atomic mass is 10.2. The molecule has 1 N–H and O–H groups in total. The number of rotatable bonds is 4. The monoisotopic (exact) mass is 310 g/mol. The first-order chi connectivity index (χ1) is 11.1. The Balaban J connectivity index is 1.92. The molecule has 23 heavy (non-hydrogen) atoms. The molecule has 0 bridgehead atoms. The molecule has 0 aliphatic carbocycles. The average Bonchev–Trinajstić information content (AvgIpc) is 2.91. The number of benzene rings is 2. The fourth-order valence-corrected chi connectivity index (χ4v) is 2.55. The highest BCUT2D eigenvalue weighted by Crippen LogP contribution is 2.24. The molecule has 0 aliphatic heterocycles. The number of methoxy groups -OCH3 is 2. The lowest BCUT2D eigenvalue weighted by Gasteiger charge is -2.08. The van der Waals surface area contributed by atoms with Gasteiger partial charge in [-0.15, -0.1) is 0 Å². The van der Waals surface area contributed by atoms with Crippen LogP contribution < -0.4 is 14.8 Å². The standard InChI is InChI=1S/C18H18N2O3/c1-20-16-11-15(23-3)8-7-12(16)9-17(20)18(21)19-13-5-4-6-14(10-13)22-2/h4-11H,1-3H3,(H,19,21). The van der Waals surface area contributed by atoms with Crippen LogP contribution in [0.4, 0.5) is 5.69 Å². The fraction of sp³-hybridized carbons (Fsp3) is 0.167. The molecule has 0 spiro atoms. The van der Waals surface area contributed by atoms with E-state index < -0.39 is 0 Å². The average molecular weight is 310 g/mol. The number of hydrogen-bond acceptors (Lipinski definition) is 3. The van der Waals surface area contributed by atoms with E-state index in [1.54, 1.807) is 20.3 Å². The SMILES string of the molecule is COc1cccc(NC(=O)c2cc3ccc(OC)cc3n2C)c1. The Hall–Kier alpha value is -2.95. The topological polar surface area (TPSA) is 52.5 Å². The van der Waals surface area contributed by atoms with Crippen LogP contribution in [0.25, 0.3) is 10.9 Å². The van der Waals surface area contributed by atoms with Crippen LogP contribution in [0.15, 0.2) is 48.5 Å². The Bertz CT molecular complexity index is 868. The van der Waals surface area contributed by atoms with Gasteiger partial charge < -0.3 is 19.4 Å². The number of carbonyl (C=O) groups is 1. The highest BCUT2D eigenvalue weighted by atomic mass is 16.5. The molecule has 5 heteroatoms. The Morgan fingerprint density at radius 2 is 1.74 bits per heavy atom. The zero-order valence-corrected chi connectivity index (χ0v) is 13.3. The zero-order chi connectivity index (χ0) is 16.4. The van der Waals surface area contributed by atoms with E-state index in [0.717, 1.165) is 16.7 Å². The van der Waals surface area contributed by atoms with Crippen LogP contribution in [0.5, 0.6) is 11.5 Å². The van der Waals surface area contributed by atoms with Crippen LogP contribution in [0, 0.1) is 0 Å². The Kier molecular flexibility index (Phi) is 3.93. The van der Waals surface area contributed by atoms with Crippen molar-refractivity contribution in [3.05, 3.63) is 54.2 Å². The van der Waals surface area contributed by atoms with Crippen molar-refractivity contribution in [1.29, 1.82) is 0 Å². The quantitative estimate of drug-likeness (QED) is 0.803. The summed E-state index contributed by atoms with van der Waals surface area (Å²) in [6.45, 7) is 0. The van der Waals surface area contributed by atoms with Gasteiger partial charge in [0.05, 0.1) is 19.7 Å². The van der Waals surface area contributed by atoms with E-state index in [9.17, 15) is 4.79 Å². The van der Waals surface area contributed by atoms with Gasteiger partial charge in [0.15, 0.2) is 0 Å². The minimum Gasteiger partial charge on any atom is -0.497 e. The van der Waals surface area contributed by atoms with Crippen molar-refractivity contribution in [3.63, 3.8) is 0 Å². The summed E-state index contributed by atoms with van der Waals surface area (Å²) in [5.74, 6) is 1.29. The second-order valence-electron chi connectivity index (χ2n) is 5.20. The van der Waals surface area contributed by atoms with E-state index in [1.807, 2.05) is 54.1 Å². The maximum atomic E-state index is 12.6.